The summed E-state index contributed by atoms with van der Waals surface area (Å²) in [5.41, 5.74) is 1.30. The number of sulfonamides is 1. The van der Waals surface area contributed by atoms with Gasteiger partial charge in [-0.1, -0.05) is 12.1 Å². The topological polar surface area (TPSA) is 107 Å². The molecule has 10 heteroatoms. The number of pyridine rings is 1. The standard InChI is InChI=1S/C27H26N2O7S/c1-33-21-5-3-18(4-6-21)16-29(37(31,32)23-8-10-25-26(15-23)36-12-11-35-25)17-20-13-19-14-22(34-2)7-9-24(19)28-27(20)30/h3-10,13-15H,11-12,16-17H2,1-2H3,(H,28,30). The molecule has 0 saturated carbocycles. The van der Waals surface area contributed by atoms with Crippen molar-refractivity contribution in [3.63, 3.8) is 0 Å². The van der Waals surface area contributed by atoms with Crippen molar-refractivity contribution in [2.75, 3.05) is 27.4 Å². The normalized spacial score (nSPS) is 13.1. The SMILES string of the molecule is COc1ccc(CN(Cc2cc3cc(OC)ccc3[nH]c2=O)S(=O)(=O)c2ccc3c(c2)OCCO3)cc1. The van der Waals surface area contributed by atoms with Gasteiger partial charge in [0.2, 0.25) is 10.0 Å². The fourth-order valence-corrected chi connectivity index (χ4v) is 5.58. The number of methoxy groups -OCH3 is 2. The largest absolute Gasteiger partial charge is 0.497 e. The van der Waals surface area contributed by atoms with Crippen LogP contribution in [-0.4, -0.2) is 45.1 Å². The number of nitrogens with zero attached hydrogens (tertiary/aromatic N) is 1. The Bertz CT molecular complexity index is 1600. The van der Waals surface area contributed by atoms with E-state index in [0.29, 0.717) is 47.3 Å². The minimum absolute atomic E-state index is 0.0381. The van der Waals surface area contributed by atoms with Crippen LogP contribution < -0.4 is 24.5 Å². The Morgan fingerprint density at radius 3 is 2.27 bits per heavy atom. The van der Waals surface area contributed by atoms with E-state index in [4.69, 9.17) is 18.9 Å². The van der Waals surface area contributed by atoms with Gasteiger partial charge >= 0.3 is 0 Å². The van der Waals surface area contributed by atoms with Crippen LogP contribution in [0.5, 0.6) is 23.0 Å². The summed E-state index contributed by atoms with van der Waals surface area (Å²) in [6.45, 7) is 0.627. The quantitative estimate of drug-likeness (QED) is 0.376. The van der Waals surface area contributed by atoms with Crippen LogP contribution >= 0.6 is 0 Å². The van der Waals surface area contributed by atoms with Gasteiger partial charge in [-0.05, 0) is 54.1 Å². The average Bonchev–Trinajstić information content (AvgIpc) is 2.92. The maximum atomic E-state index is 13.9. The first-order valence-corrected chi connectivity index (χ1v) is 13.0. The Morgan fingerprint density at radius 2 is 1.54 bits per heavy atom. The Morgan fingerprint density at radius 1 is 0.838 bits per heavy atom. The van der Waals surface area contributed by atoms with Crippen molar-refractivity contribution >= 4 is 20.9 Å². The van der Waals surface area contributed by atoms with Crippen LogP contribution in [0.3, 0.4) is 0 Å². The van der Waals surface area contributed by atoms with Crippen LogP contribution in [0, 0.1) is 0 Å². The fraction of sp³-hybridized carbons (Fsp3) is 0.222. The van der Waals surface area contributed by atoms with Gasteiger partial charge in [-0.3, -0.25) is 4.79 Å². The van der Waals surface area contributed by atoms with E-state index in [1.54, 1.807) is 68.8 Å². The van der Waals surface area contributed by atoms with Gasteiger partial charge in [0.05, 0.1) is 19.1 Å². The molecule has 1 N–H and O–H groups in total. The number of ether oxygens (including phenoxy) is 4. The van der Waals surface area contributed by atoms with E-state index in [1.165, 1.54) is 16.4 Å². The van der Waals surface area contributed by atoms with E-state index in [-0.39, 0.29) is 23.5 Å². The number of H-pyrrole nitrogens is 1. The molecule has 9 nitrogen and oxygen atoms in total. The fourth-order valence-electron chi connectivity index (χ4n) is 4.16. The van der Waals surface area contributed by atoms with E-state index >= 15 is 0 Å². The van der Waals surface area contributed by atoms with E-state index < -0.39 is 10.0 Å². The van der Waals surface area contributed by atoms with Crippen LogP contribution in [-0.2, 0) is 23.1 Å². The second-order valence-electron chi connectivity index (χ2n) is 8.50. The van der Waals surface area contributed by atoms with Crippen molar-refractivity contribution in [2.45, 2.75) is 18.0 Å². The number of hydrogen-bond donors (Lipinski definition) is 1. The molecule has 0 saturated heterocycles. The van der Waals surface area contributed by atoms with E-state index in [1.807, 2.05) is 0 Å². The van der Waals surface area contributed by atoms with Gasteiger partial charge in [-0.25, -0.2) is 8.42 Å². The lowest BCUT2D eigenvalue weighted by atomic mass is 10.1. The Kier molecular flexibility index (Phi) is 6.77. The van der Waals surface area contributed by atoms with Crippen molar-refractivity contribution in [2.24, 2.45) is 0 Å². The summed E-state index contributed by atoms with van der Waals surface area (Å²) >= 11 is 0. The molecule has 0 amide bonds. The lowest BCUT2D eigenvalue weighted by Gasteiger charge is -2.24. The third kappa shape index (κ3) is 5.11. The molecule has 0 atom stereocenters. The first-order valence-electron chi connectivity index (χ1n) is 11.6. The van der Waals surface area contributed by atoms with Gasteiger partial charge < -0.3 is 23.9 Å². The molecule has 0 fully saturated rings. The summed E-state index contributed by atoms with van der Waals surface area (Å²) in [5.74, 6) is 2.15. The molecular formula is C27H26N2O7S. The molecule has 2 heterocycles. The third-order valence-corrected chi connectivity index (χ3v) is 7.93. The van der Waals surface area contributed by atoms with Crippen molar-refractivity contribution in [3.05, 3.63) is 88.2 Å². The van der Waals surface area contributed by atoms with Gasteiger partial charge in [-0.15, -0.1) is 0 Å². The third-order valence-electron chi connectivity index (χ3n) is 6.14. The summed E-state index contributed by atoms with van der Waals surface area (Å²) < 4.78 is 50.7. The lowest BCUT2D eigenvalue weighted by molar-refractivity contribution is 0.171. The molecule has 0 unspecified atom stereocenters. The van der Waals surface area contributed by atoms with Gasteiger partial charge in [0.25, 0.3) is 5.56 Å². The molecule has 192 valence electrons. The molecule has 1 aliphatic heterocycles. The van der Waals surface area contributed by atoms with Crippen LogP contribution in [0.15, 0.2) is 76.4 Å². The summed E-state index contributed by atoms with van der Waals surface area (Å²) in [6, 6.07) is 18.6. The summed E-state index contributed by atoms with van der Waals surface area (Å²) in [5, 5.41) is 0.732. The molecule has 5 rings (SSSR count). The van der Waals surface area contributed by atoms with Gasteiger partial charge in [0, 0.05) is 35.6 Å². The minimum Gasteiger partial charge on any atom is -0.497 e. The summed E-state index contributed by atoms with van der Waals surface area (Å²) in [6.07, 6.45) is 0. The number of benzene rings is 3. The highest BCUT2D eigenvalue weighted by Gasteiger charge is 2.28. The number of fused-ring (bicyclic) bond motifs is 2. The van der Waals surface area contributed by atoms with Crippen molar-refractivity contribution in [1.82, 2.24) is 9.29 Å². The Hall–Kier alpha value is -4.02. The molecule has 0 bridgehead atoms. The minimum atomic E-state index is -4.04. The van der Waals surface area contributed by atoms with E-state index in [0.717, 1.165) is 10.9 Å². The predicted octanol–water partition coefficient (Wildman–Crippen LogP) is 3.71. The zero-order valence-corrected chi connectivity index (χ0v) is 21.2. The summed E-state index contributed by atoms with van der Waals surface area (Å²) in [7, 11) is -0.917. The smallest absolute Gasteiger partial charge is 0.252 e. The molecule has 37 heavy (non-hydrogen) atoms. The zero-order valence-electron chi connectivity index (χ0n) is 20.4. The van der Waals surface area contributed by atoms with Crippen molar-refractivity contribution < 1.29 is 27.4 Å². The predicted molar refractivity (Wildman–Crippen MR) is 138 cm³/mol. The highest BCUT2D eigenvalue weighted by molar-refractivity contribution is 7.89. The maximum absolute atomic E-state index is 13.9. The average molecular weight is 523 g/mol. The number of rotatable bonds is 8. The van der Waals surface area contributed by atoms with Crippen LogP contribution in [0.25, 0.3) is 10.9 Å². The zero-order chi connectivity index (χ0) is 26.0. The first-order chi connectivity index (χ1) is 17.9. The Balaban J connectivity index is 1.55. The number of aromatic nitrogens is 1. The molecule has 0 aliphatic carbocycles. The highest BCUT2D eigenvalue weighted by Crippen LogP contribution is 2.34. The second-order valence-corrected chi connectivity index (χ2v) is 10.4. The van der Waals surface area contributed by atoms with Crippen LogP contribution in [0.4, 0.5) is 0 Å². The number of aromatic amines is 1. The van der Waals surface area contributed by atoms with Crippen LogP contribution in [0.1, 0.15) is 11.1 Å². The molecule has 0 spiro atoms. The molecule has 3 aromatic carbocycles. The molecule has 1 aromatic heterocycles. The van der Waals surface area contributed by atoms with Crippen molar-refractivity contribution in [3.8, 4) is 23.0 Å². The molecule has 0 radical (unpaired) electrons. The maximum Gasteiger partial charge on any atom is 0.252 e. The van der Waals surface area contributed by atoms with Crippen molar-refractivity contribution in [1.29, 1.82) is 0 Å². The molecule has 1 aliphatic rings. The van der Waals surface area contributed by atoms with Gasteiger partial charge in [0.15, 0.2) is 11.5 Å². The first kappa shape index (κ1) is 24.7. The lowest BCUT2D eigenvalue weighted by Crippen LogP contribution is -2.32. The summed E-state index contributed by atoms with van der Waals surface area (Å²) in [4.78, 5) is 15.8. The van der Waals surface area contributed by atoms with E-state index in [2.05, 4.69) is 4.98 Å². The van der Waals surface area contributed by atoms with Gasteiger partial charge in [0.1, 0.15) is 24.7 Å². The highest BCUT2D eigenvalue weighted by atomic mass is 32.2. The second kappa shape index (κ2) is 10.2. The molecule has 4 aromatic rings. The monoisotopic (exact) mass is 522 g/mol. The molecular weight excluding hydrogens is 496 g/mol. The number of nitrogens with one attached hydrogen (secondary N) is 1. The van der Waals surface area contributed by atoms with E-state index in [9.17, 15) is 13.2 Å². The number of hydrogen-bond acceptors (Lipinski definition) is 7. The van der Waals surface area contributed by atoms with Crippen LogP contribution in [0.2, 0.25) is 0 Å². The Labute approximate surface area is 214 Å². The van der Waals surface area contributed by atoms with Gasteiger partial charge in [-0.2, -0.15) is 4.31 Å².